The average molecular weight is 493 g/mol. The van der Waals surface area contributed by atoms with E-state index in [2.05, 4.69) is 77.4 Å². The molecular weight excluding hydrogens is 452 g/mol. The van der Waals surface area contributed by atoms with Crippen molar-refractivity contribution in [2.75, 3.05) is 0 Å². The maximum atomic E-state index is 10.7. The van der Waals surface area contributed by atoms with E-state index in [4.69, 9.17) is 0 Å². The molecule has 2 N–H and O–H groups in total. The van der Waals surface area contributed by atoms with E-state index >= 15 is 0 Å². The molecule has 0 bridgehead atoms. The minimum Gasteiger partial charge on any atom is -0.507 e. The lowest BCUT2D eigenvalue weighted by atomic mass is 9.85. The quantitative estimate of drug-likeness (QED) is 0.251. The summed E-state index contributed by atoms with van der Waals surface area (Å²) in [6.45, 7) is 22.0. The van der Waals surface area contributed by atoms with Crippen LogP contribution < -0.4 is 0 Å². The Hall–Kier alpha value is -3.78. The van der Waals surface area contributed by atoms with Gasteiger partial charge in [-0.15, -0.1) is 26.3 Å². The summed E-state index contributed by atoms with van der Waals surface area (Å²) >= 11 is 0. The Labute approximate surface area is 223 Å². The van der Waals surface area contributed by atoms with E-state index in [0.29, 0.717) is 37.2 Å². The van der Waals surface area contributed by atoms with E-state index in [-0.39, 0.29) is 0 Å². The van der Waals surface area contributed by atoms with Crippen LogP contribution in [0.1, 0.15) is 61.2 Å². The van der Waals surface area contributed by atoms with Crippen molar-refractivity contribution in [2.45, 2.75) is 59.3 Å². The Bertz CT molecular complexity index is 1180. The van der Waals surface area contributed by atoms with Gasteiger partial charge in [-0.3, -0.25) is 0 Å². The molecule has 0 radical (unpaired) electrons. The molecule has 0 aliphatic carbocycles. The second kappa shape index (κ2) is 12.5. The topological polar surface area (TPSA) is 40.5 Å². The Kier molecular flexibility index (Phi) is 9.36. The van der Waals surface area contributed by atoms with E-state index in [9.17, 15) is 10.2 Å². The van der Waals surface area contributed by atoms with Crippen LogP contribution in [-0.4, -0.2) is 10.2 Å². The van der Waals surface area contributed by atoms with Crippen LogP contribution in [0.25, 0.3) is 0 Å². The monoisotopic (exact) mass is 492 g/mol. The van der Waals surface area contributed by atoms with E-state index in [1.165, 1.54) is 38.9 Å². The molecule has 0 saturated carbocycles. The Morgan fingerprint density at radius 1 is 0.541 bits per heavy atom. The first kappa shape index (κ1) is 27.8. The number of phenolic OH excluding ortho intramolecular Hbond substituents is 2. The fourth-order valence-electron chi connectivity index (χ4n) is 5.34. The van der Waals surface area contributed by atoms with Gasteiger partial charge in [0, 0.05) is 0 Å². The standard InChI is InChI=1S/C35H40O2/c1-8-12-28-17-26(18-29(13-9-2)34(28)36)21-32-23(5)16-24(6)33(25(32)7)22-27-19-30(14-10-3)35(37)31(20-27)15-11-4/h8-11,16-20,36-37H,1-4,12-15,21-22H2,5-7H3. The average Bonchev–Trinajstić information content (AvgIpc) is 2.85. The second-order valence-electron chi connectivity index (χ2n) is 9.94. The van der Waals surface area contributed by atoms with Gasteiger partial charge >= 0.3 is 0 Å². The molecule has 192 valence electrons. The number of aryl methyl sites for hydroxylation is 2. The van der Waals surface area contributed by atoms with Gasteiger partial charge in [0.15, 0.2) is 0 Å². The number of phenols is 2. The number of rotatable bonds is 12. The van der Waals surface area contributed by atoms with Crippen molar-refractivity contribution in [2.24, 2.45) is 0 Å². The van der Waals surface area contributed by atoms with Gasteiger partial charge in [0.1, 0.15) is 11.5 Å². The SMILES string of the molecule is C=CCc1cc(Cc2c(C)cc(C)c(Cc3cc(CC=C)c(O)c(CC=C)c3)c2C)cc(CC=C)c1O. The molecule has 0 aliphatic rings. The van der Waals surface area contributed by atoms with Gasteiger partial charge in [0.2, 0.25) is 0 Å². The molecule has 0 fully saturated rings. The molecule has 3 aromatic carbocycles. The van der Waals surface area contributed by atoms with Gasteiger partial charge in [0.25, 0.3) is 0 Å². The molecular formula is C35H40O2. The lowest BCUT2D eigenvalue weighted by Crippen LogP contribution is -2.05. The highest BCUT2D eigenvalue weighted by Crippen LogP contribution is 2.32. The van der Waals surface area contributed by atoms with Gasteiger partial charge in [-0.2, -0.15) is 0 Å². The first-order valence-corrected chi connectivity index (χ1v) is 12.9. The van der Waals surface area contributed by atoms with Crippen LogP contribution in [0.5, 0.6) is 11.5 Å². The van der Waals surface area contributed by atoms with Crippen molar-refractivity contribution in [3.8, 4) is 11.5 Å². The minimum atomic E-state index is 0.347. The number of hydrogen-bond donors (Lipinski definition) is 2. The van der Waals surface area contributed by atoms with Crippen molar-refractivity contribution in [1.29, 1.82) is 0 Å². The van der Waals surface area contributed by atoms with Crippen LogP contribution in [0, 0.1) is 20.8 Å². The molecule has 0 heterocycles. The molecule has 0 saturated heterocycles. The first-order valence-electron chi connectivity index (χ1n) is 12.9. The third-order valence-electron chi connectivity index (χ3n) is 7.16. The third kappa shape index (κ3) is 6.32. The highest BCUT2D eigenvalue weighted by Gasteiger charge is 2.16. The van der Waals surface area contributed by atoms with E-state index < -0.39 is 0 Å². The lowest BCUT2D eigenvalue weighted by Gasteiger charge is -2.20. The number of allylic oxidation sites excluding steroid dienone is 4. The smallest absolute Gasteiger partial charge is 0.122 e. The van der Waals surface area contributed by atoms with E-state index in [1.807, 2.05) is 24.3 Å². The summed E-state index contributed by atoms with van der Waals surface area (Å²) in [7, 11) is 0. The Morgan fingerprint density at radius 3 is 1.11 bits per heavy atom. The summed E-state index contributed by atoms with van der Waals surface area (Å²) in [5.74, 6) is 0.694. The first-order chi connectivity index (χ1) is 17.7. The van der Waals surface area contributed by atoms with Crippen molar-refractivity contribution in [3.63, 3.8) is 0 Å². The number of benzene rings is 3. The molecule has 0 unspecified atom stereocenters. The van der Waals surface area contributed by atoms with Crippen LogP contribution in [0.15, 0.2) is 81.0 Å². The molecule has 3 rings (SSSR count). The second-order valence-corrected chi connectivity index (χ2v) is 9.94. The molecule has 0 spiro atoms. The van der Waals surface area contributed by atoms with Gasteiger partial charge in [-0.05, 0) is 120 Å². The normalized spacial score (nSPS) is 10.8. The molecule has 3 aromatic rings. The Balaban J connectivity index is 2.07. The van der Waals surface area contributed by atoms with Gasteiger partial charge in [-0.25, -0.2) is 0 Å². The predicted molar refractivity (Wildman–Crippen MR) is 158 cm³/mol. The van der Waals surface area contributed by atoms with E-state index in [1.54, 1.807) is 0 Å². The fourth-order valence-corrected chi connectivity index (χ4v) is 5.34. The van der Waals surface area contributed by atoms with Crippen LogP contribution in [0.4, 0.5) is 0 Å². The van der Waals surface area contributed by atoms with Gasteiger partial charge in [-0.1, -0.05) is 54.6 Å². The summed E-state index contributed by atoms with van der Waals surface area (Å²) in [4.78, 5) is 0. The highest BCUT2D eigenvalue weighted by atomic mass is 16.3. The maximum Gasteiger partial charge on any atom is 0.122 e. The predicted octanol–water partition coefficient (Wildman–Crippen LogP) is 8.12. The molecule has 2 nitrogen and oxygen atoms in total. The fraction of sp³-hybridized carbons (Fsp3) is 0.257. The molecule has 37 heavy (non-hydrogen) atoms. The summed E-state index contributed by atoms with van der Waals surface area (Å²) in [5, 5.41) is 21.4. The maximum absolute atomic E-state index is 10.7. The lowest BCUT2D eigenvalue weighted by molar-refractivity contribution is 0.463. The molecule has 2 heteroatoms. The van der Waals surface area contributed by atoms with Crippen LogP contribution in [0.3, 0.4) is 0 Å². The van der Waals surface area contributed by atoms with Crippen molar-refractivity contribution < 1.29 is 10.2 Å². The van der Waals surface area contributed by atoms with Crippen LogP contribution in [-0.2, 0) is 38.5 Å². The zero-order valence-corrected chi connectivity index (χ0v) is 22.7. The third-order valence-corrected chi connectivity index (χ3v) is 7.16. The van der Waals surface area contributed by atoms with Crippen molar-refractivity contribution in [1.82, 2.24) is 0 Å². The minimum absolute atomic E-state index is 0.347. The molecule has 0 amide bonds. The number of aromatic hydroxyl groups is 2. The molecule has 0 aliphatic heterocycles. The van der Waals surface area contributed by atoms with Gasteiger partial charge < -0.3 is 10.2 Å². The molecule has 0 atom stereocenters. The summed E-state index contributed by atoms with van der Waals surface area (Å²) in [6, 6.07) is 10.7. The molecule has 0 aromatic heterocycles. The number of hydrogen-bond acceptors (Lipinski definition) is 2. The Morgan fingerprint density at radius 2 is 0.838 bits per heavy atom. The van der Waals surface area contributed by atoms with Crippen LogP contribution in [0.2, 0.25) is 0 Å². The summed E-state index contributed by atoms with van der Waals surface area (Å²) in [5.41, 5.74) is 12.4. The summed E-state index contributed by atoms with van der Waals surface area (Å²) in [6.07, 6.45) is 11.4. The zero-order chi connectivity index (χ0) is 27.1. The van der Waals surface area contributed by atoms with Gasteiger partial charge in [0.05, 0.1) is 0 Å². The zero-order valence-electron chi connectivity index (χ0n) is 22.7. The largest absolute Gasteiger partial charge is 0.507 e. The van der Waals surface area contributed by atoms with Crippen LogP contribution >= 0.6 is 0 Å². The van der Waals surface area contributed by atoms with E-state index in [0.717, 1.165) is 35.1 Å². The van der Waals surface area contributed by atoms with Crippen molar-refractivity contribution >= 4 is 0 Å². The van der Waals surface area contributed by atoms with Crippen molar-refractivity contribution in [3.05, 3.63) is 142 Å². The highest BCUT2D eigenvalue weighted by molar-refractivity contribution is 5.53. The summed E-state index contributed by atoms with van der Waals surface area (Å²) < 4.78 is 0.